The number of nitrogens with one attached hydrogen (secondary N) is 2. The standard InChI is InChI=1S/C32H29N5/c1-20-17-23(13-15-29(20)33-4)32(27-11-7-5-9-25(27)26-10-6-8-12-28(26)32)24-14-16-30(21(2)18-24)37-31-35-19-34-22(3)36-31/h5-19,33H,1-4H3,(H,34,35,36,37). The van der Waals surface area contributed by atoms with Gasteiger partial charge < -0.3 is 10.6 Å². The fraction of sp³-hybridized carbons (Fsp3) is 0.156. The molecule has 1 aliphatic rings. The third-order valence-corrected chi connectivity index (χ3v) is 7.48. The number of aryl methyl sites for hydroxylation is 3. The van der Waals surface area contributed by atoms with Crippen molar-refractivity contribution in [3.8, 4) is 11.1 Å². The zero-order valence-corrected chi connectivity index (χ0v) is 21.5. The third kappa shape index (κ3) is 3.58. The number of anilines is 3. The summed E-state index contributed by atoms with van der Waals surface area (Å²) in [5.41, 5.74) is 11.7. The van der Waals surface area contributed by atoms with E-state index in [2.05, 4.69) is 124 Å². The fourth-order valence-corrected chi connectivity index (χ4v) is 5.80. The normalized spacial score (nSPS) is 13.1. The summed E-state index contributed by atoms with van der Waals surface area (Å²) >= 11 is 0. The molecule has 1 aliphatic carbocycles. The Morgan fingerprint density at radius 1 is 0.649 bits per heavy atom. The van der Waals surface area contributed by atoms with Crippen molar-refractivity contribution in [3.63, 3.8) is 0 Å². The SMILES string of the molecule is CNc1ccc(C2(c3ccc(Nc4ncnc(C)n4)c(C)c3)c3ccccc3-c3ccccc32)cc1C. The molecule has 4 aromatic carbocycles. The summed E-state index contributed by atoms with van der Waals surface area (Å²) in [4.78, 5) is 12.8. The lowest BCUT2D eigenvalue weighted by Gasteiger charge is -2.35. The molecule has 6 rings (SSSR count). The first-order valence-corrected chi connectivity index (χ1v) is 12.5. The van der Waals surface area contributed by atoms with Crippen molar-refractivity contribution >= 4 is 17.3 Å². The molecule has 182 valence electrons. The Morgan fingerprint density at radius 3 is 1.76 bits per heavy atom. The summed E-state index contributed by atoms with van der Waals surface area (Å²) < 4.78 is 0. The summed E-state index contributed by atoms with van der Waals surface area (Å²) in [6.45, 7) is 6.17. The second kappa shape index (κ2) is 8.86. The van der Waals surface area contributed by atoms with Crippen molar-refractivity contribution in [2.75, 3.05) is 17.7 Å². The van der Waals surface area contributed by atoms with Gasteiger partial charge in [-0.3, -0.25) is 0 Å². The van der Waals surface area contributed by atoms with Crippen LogP contribution in [-0.4, -0.2) is 22.0 Å². The van der Waals surface area contributed by atoms with Crippen LogP contribution in [0.2, 0.25) is 0 Å². The van der Waals surface area contributed by atoms with E-state index >= 15 is 0 Å². The maximum Gasteiger partial charge on any atom is 0.230 e. The Bertz CT molecular complexity index is 1590. The maximum absolute atomic E-state index is 4.42. The molecule has 0 radical (unpaired) electrons. The van der Waals surface area contributed by atoms with Crippen molar-refractivity contribution in [3.05, 3.63) is 130 Å². The van der Waals surface area contributed by atoms with Crippen LogP contribution in [0.25, 0.3) is 11.1 Å². The van der Waals surface area contributed by atoms with Gasteiger partial charge in [0.15, 0.2) is 0 Å². The third-order valence-electron chi connectivity index (χ3n) is 7.48. The summed E-state index contributed by atoms with van der Waals surface area (Å²) in [5, 5.41) is 6.70. The smallest absolute Gasteiger partial charge is 0.230 e. The highest BCUT2D eigenvalue weighted by Crippen LogP contribution is 2.56. The molecule has 0 bridgehead atoms. The molecule has 0 saturated heterocycles. The molecule has 0 spiro atoms. The molecule has 1 heterocycles. The quantitative estimate of drug-likeness (QED) is 0.278. The maximum atomic E-state index is 4.42. The van der Waals surface area contributed by atoms with Crippen molar-refractivity contribution in [2.24, 2.45) is 0 Å². The minimum absolute atomic E-state index is 0.433. The van der Waals surface area contributed by atoms with E-state index in [1.807, 2.05) is 14.0 Å². The van der Waals surface area contributed by atoms with Crippen LogP contribution < -0.4 is 10.6 Å². The van der Waals surface area contributed by atoms with Gasteiger partial charge in [-0.25, -0.2) is 9.97 Å². The highest BCUT2D eigenvalue weighted by molar-refractivity contribution is 5.86. The van der Waals surface area contributed by atoms with Gasteiger partial charge >= 0.3 is 0 Å². The number of nitrogens with zero attached hydrogens (tertiary/aromatic N) is 3. The Balaban J connectivity index is 1.60. The number of rotatable bonds is 5. The van der Waals surface area contributed by atoms with E-state index in [9.17, 15) is 0 Å². The van der Waals surface area contributed by atoms with E-state index in [1.54, 1.807) is 0 Å². The van der Waals surface area contributed by atoms with Gasteiger partial charge in [-0.2, -0.15) is 4.98 Å². The zero-order valence-electron chi connectivity index (χ0n) is 21.5. The van der Waals surface area contributed by atoms with Gasteiger partial charge in [-0.1, -0.05) is 72.8 Å². The fourth-order valence-electron chi connectivity index (χ4n) is 5.80. The van der Waals surface area contributed by atoms with Crippen LogP contribution in [0.15, 0.2) is 91.3 Å². The second-order valence-corrected chi connectivity index (χ2v) is 9.63. The number of aromatic nitrogens is 3. The van der Waals surface area contributed by atoms with Gasteiger partial charge in [-0.15, -0.1) is 0 Å². The van der Waals surface area contributed by atoms with Crippen LogP contribution in [0.1, 0.15) is 39.2 Å². The van der Waals surface area contributed by atoms with Crippen LogP contribution in [0.4, 0.5) is 17.3 Å². The summed E-state index contributed by atoms with van der Waals surface area (Å²) in [6, 6.07) is 31.1. The molecule has 0 amide bonds. The average Bonchev–Trinajstić information content (AvgIpc) is 3.21. The lowest BCUT2D eigenvalue weighted by atomic mass is 9.67. The molecule has 1 aromatic heterocycles. The van der Waals surface area contributed by atoms with Gasteiger partial charge in [0.05, 0.1) is 5.41 Å². The zero-order chi connectivity index (χ0) is 25.6. The van der Waals surface area contributed by atoms with Crippen LogP contribution in [0, 0.1) is 20.8 Å². The van der Waals surface area contributed by atoms with Gasteiger partial charge in [0.1, 0.15) is 12.2 Å². The Morgan fingerprint density at radius 2 is 1.22 bits per heavy atom. The van der Waals surface area contributed by atoms with Crippen molar-refractivity contribution in [2.45, 2.75) is 26.2 Å². The molecule has 0 fully saturated rings. The Labute approximate surface area is 217 Å². The molecule has 5 nitrogen and oxygen atoms in total. The van der Waals surface area contributed by atoms with Crippen LogP contribution in [0.5, 0.6) is 0 Å². The molecule has 5 heteroatoms. The van der Waals surface area contributed by atoms with E-state index < -0.39 is 5.41 Å². The minimum Gasteiger partial charge on any atom is -0.388 e. The lowest BCUT2D eigenvalue weighted by molar-refractivity contribution is 0.766. The first-order valence-electron chi connectivity index (χ1n) is 12.5. The molecule has 0 aliphatic heterocycles. The molecular weight excluding hydrogens is 454 g/mol. The molecule has 0 atom stereocenters. The number of hydrogen-bond donors (Lipinski definition) is 2. The van der Waals surface area contributed by atoms with Crippen molar-refractivity contribution in [1.82, 2.24) is 15.0 Å². The predicted octanol–water partition coefficient (Wildman–Crippen LogP) is 6.95. The van der Waals surface area contributed by atoms with Crippen LogP contribution >= 0.6 is 0 Å². The van der Waals surface area contributed by atoms with Crippen LogP contribution in [0.3, 0.4) is 0 Å². The first kappa shape index (κ1) is 22.9. The van der Waals surface area contributed by atoms with E-state index in [4.69, 9.17) is 0 Å². The lowest BCUT2D eigenvalue weighted by Crippen LogP contribution is -2.29. The number of hydrogen-bond acceptors (Lipinski definition) is 5. The number of benzene rings is 4. The van der Waals surface area contributed by atoms with E-state index in [0.717, 1.165) is 16.9 Å². The Kier molecular flexibility index (Phi) is 5.49. The summed E-state index contributed by atoms with van der Waals surface area (Å²) in [5.74, 6) is 1.23. The van der Waals surface area contributed by atoms with E-state index in [-0.39, 0.29) is 0 Å². The topological polar surface area (TPSA) is 62.7 Å². The monoisotopic (exact) mass is 483 g/mol. The van der Waals surface area contributed by atoms with Gasteiger partial charge in [0.25, 0.3) is 0 Å². The Hall–Kier alpha value is -4.51. The first-order chi connectivity index (χ1) is 18.0. The van der Waals surface area contributed by atoms with Crippen LogP contribution in [-0.2, 0) is 5.41 Å². The van der Waals surface area contributed by atoms with Gasteiger partial charge in [0.2, 0.25) is 5.95 Å². The van der Waals surface area contributed by atoms with Gasteiger partial charge in [-0.05, 0) is 77.4 Å². The van der Waals surface area contributed by atoms with Crippen molar-refractivity contribution in [1.29, 1.82) is 0 Å². The summed E-state index contributed by atoms with van der Waals surface area (Å²) in [7, 11) is 1.97. The van der Waals surface area contributed by atoms with Gasteiger partial charge in [0, 0.05) is 18.4 Å². The predicted molar refractivity (Wildman–Crippen MR) is 151 cm³/mol. The molecule has 2 N–H and O–H groups in total. The number of fused-ring (bicyclic) bond motifs is 3. The molecule has 0 saturated carbocycles. The molecule has 0 unspecified atom stereocenters. The van der Waals surface area contributed by atoms with E-state index in [1.165, 1.54) is 45.3 Å². The molecular formula is C32H29N5. The summed E-state index contributed by atoms with van der Waals surface area (Å²) in [6.07, 6.45) is 1.53. The van der Waals surface area contributed by atoms with E-state index in [0.29, 0.717) is 11.8 Å². The minimum atomic E-state index is -0.433. The average molecular weight is 484 g/mol. The largest absolute Gasteiger partial charge is 0.388 e. The van der Waals surface area contributed by atoms with Crippen molar-refractivity contribution < 1.29 is 0 Å². The molecule has 37 heavy (non-hydrogen) atoms. The second-order valence-electron chi connectivity index (χ2n) is 9.63. The highest BCUT2D eigenvalue weighted by Gasteiger charge is 2.46. The molecule has 5 aromatic rings. The highest BCUT2D eigenvalue weighted by atomic mass is 15.1.